The van der Waals surface area contributed by atoms with E-state index < -0.39 is 0 Å². The molecule has 0 saturated heterocycles. The molecule has 0 heterocycles. The third-order valence-electron chi connectivity index (χ3n) is 2.31. The van der Waals surface area contributed by atoms with Gasteiger partial charge in [0, 0.05) is 6.54 Å². The van der Waals surface area contributed by atoms with E-state index in [1.54, 1.807) is 14.2 Å². The Hall–Kier alpha value is -1.42. The van der Waals surface area contributed by atoms with Gasteiger partial charge in [-0.25, -0.2) is 0 Å². The molecule has 4 nitrogen and oxygen atoms in total. The van der Waals surface area contributed by atoms with Crippen molar-refractivity contribution in [1.82, 2.24) is 5.32 Å². The van der Waals surface area contributed by atoms with Crippen LogP contribution in [0.2, 0.25) is 0 Å². The van der Waals surface area contributed by atoms with Crippen LogP contribution in [0.25, 0.3) is 0 Å². The zero-order valence-corrected chi connectivity index (χ0v) is 10.7. The topological polar surface area (TPSA) is 47.6 Å². The Balaban J connectivity index is 2.57. The number of carbonyl (C=O) groups is 1. The predicted octanol–water partition coefficient (Wildman–Crippen LogP) is 1.60. The van der Waals surface area contributed by atoms with Crippen molar-refractivity contribution in [2.24, 2.45) is 0 Å². The van der Waals surface area contributed by atoms with Crippen LogP contribution < -0.4 is 14.8 Å². The molecule has 1 N–H and O–H groups in total. The molecule has 0 fully saturated rings. The molecule has 0 aliphatic rings. The maximum atomic E-state index is 10.9. The van der Waals surface area contributed by atoms with E-state index in [1.165, 1.54) is 0 Å². The number of methoxy groups -OCH3 is 2. The number of nitrogens with one attached hydrogen (secondary N) is 1. The predicted molar refractivity (Wildman–Crippen MR) is 67.0 cm³/mol. The maximum absolute atomic E-state index is 10.9. The monoisotopic (exact) mass is 257 g/mol. The summed E-state index contributed by atoms with van der Waals surface area (Å²) in [7, 11) is 3.19. The van der Waals surface area contributed by atoms with Gasteiger partial charge in [0.15, 0.2) is 11.5 Å². The molecule has 0 aliphatic heterocycles. The third kappa shape index (κ3) is 4.15. The zero-order valence-electron chi connectivity index (χ0n) is 9.96. The van der Waals surface area contributed by atoms with Crippen LogP contribution in [-0.2, 0) is 11.2 Å². The van der Waals surface area contributed by atoms with Crippen LogP contribution in [0.15, 0.2) is 18.2 Å². The second kappa shape index (κ2) is 7.01. The summed E-state index contributed by atoms with van der Waals surface area (Å²) in [4.78, 5) is 10.9. The van der Waals surface area contributed by atoms with Crippen LogP contribution in [-0.4, -0.2) is 32.6 Å². The van der Waals surface area contributed by atoms with Gasteiger partial charge < -0.3 is 14.8 Å². The summed E-state index contributed by atoms with van der Waals surface area (Å²) >= 11 is 5.37. The highest BCUT2D eigenvalue weighted by Gasteiger charge is 2.04. The van der Waals surface area contributed by atoms with Crippen LogP contribution in [0.4, 0.5) is 0 Å². The highest BCUT2D eigenvalue weighted by Crippen LogP contribution is 2.27. The van der Waals surface area contributed by atoms with Crippen molar-refractivity contribution in [2.45, 2.75) is 6.42 Å². The largest absolute Gasteiger partial charge is 0.493 e. The average molecular weight is 258 g/mol. The number of hydrogen-bond acceptors (Lipinski definition) is 3. The normalized spacial score (nSPS) is 9.82. The lowest BCUT2D eigenvalue weighted by molar-refractivity contribution is -0.118. The fraction of sp³-hybridized carbons (Fsp3) is 0.417. The van der Waals surface area contributed by atoms with Crippen molar-refractivity contribution < 1.29 is 14.3 Å². The van der Waals surface area contributed by atoms with Gasteiger partial charge in [0.1, 0.15) is 5.88 Å². The minimum Gasteiger partial charge on any atom is -0.493 e. The third-order valence-corrected chi connectivity index (χ3v) is 2.55. The first-order valence-corrected chi connectivity index (χ1v) is 5.78. The van der Waals surface area contributed by atoms with Crippen molar-refractivity contribution in [2.75, 3.05) is 26.6 Å². The Morgan fingerprint density at radius 2 is 2.00 bits per heavy atom. The quantitative estimate of drug-likeness (QED) is 0.788. The van der Waals surface area contributed by atoms with Gasteiger partial charge in [-0.1, -0.05) is 6.07 Å². The lowest BCUT2D eigenvalue weighted by Gasteiger charge is -2.09. The summed E-state index contributed by atoms with van der Waals surface area (Å²) < 4.78 is 10.3. The van der Waals surface area contributed by atoms with Gasteiger partial charge in [0.2, 0.25) is 5.91 Å². The molecule has 0 spiro atoms. The van der Waals surface area contributed by atoms with E-state index in [9.17, 15) is 4.79 Å². The highest BCUT2D eigenvalue weighted by molar-refractivity contribution is 6.27. The second-order valence-corrected chi connectivity index (χ2v) is 3.69. The molecule has 0 atom stereocenters. The van der Waals surface area contributed by atoms with Crippen LogP contribution in [0, 0.1) is 0 Å². The van der Waals surface area contributed by atoms with Crippen molar-refractivity contribution in [3.63, 3.8) is 0 Å². The van der Waals surface area contributed by atoms with Crippen LogP contribution in [0.1, 0.15) is 5.56 Å². The Morgan fingerprint density at radius 3 is 2.59 bits per heavy atom. The Morgan fingerprint density at radius 1 is 1.29 bits per heavy atom. The lowest BCUT2D eigenvalue weighted by Crippen LogP contribution is -2.26. The number of carbonyl (C=O) groups excluding carboxylic acids is 1. The SMILES string of the molecule is COc1ccc(CCNC(=O)CCl)cc1OC. The molecule has 0 saturated carbocycles. The molecular weight excluding hydrogens is 242 g/mol. The van der Waals surface area contributed by atoms with E-state index in [4.69, 9.17) is 21.1 Å². The van der Waals surface area contributed by atoms with Gasteiger partial charge in [-0.2, -0.15) is 0 Å². The van der Waals surface area contributed by atoms with E-state index in [0.717, 1.165) is 12.0 Å². The number of ether oxygens (including phenoxy) is 2. The molecule has 1 amide bonds. The molecule has 0 aromatic heterocycles. The molecule has 0 radical (unpaired) electrons. The zero-order chi connectivity index (χ0) is 12.7. The number of hydrogen-bond donors (Lipinski definition) is 1. The number of rotatable bonds is 6. The minimum absolute atomic E-state index is 0.00800. The van der Waals surface area contributed by atoms with Gasteiger partial charge in [0.25, 0.3) is 0 Å². The molecule has 1 aromatic rings. The van der Waals surface area contributed by atoms with Crippen molar-refractivity contribution in [3.8, 4) is 11.5 Å². The number of halogens is 1. The summed E-state index contributed by atoms with van der Waals surface area (Å²) in [5.74, 6) is 1.22. The highest BCUT2D eigenvalue weighted by atomic mass is 35.5. The minimum atomic E-state index is -0.160. The molecule has 5 heteroatoms. The Kier molecular flexibility index (Phi) is 5.63. The second-order valence-electron chi connectivity index (χ2n) is 3.42. The summed E-state index contributed by atoms with van der Waals surface area (Å²) in [6.45, 7) is 0.557. The molecule has 1 aromatic carbocycles. The molecule has 0 bridgehead atoms. The van der Waals surface area contributed by atoms with Crippen molar-refractivity contribution in [1.29, 1.82) is 0 Å². The summed E-state index contributed by atoms with van der Waals surface area (Å²) in [5.41, 5.74) is 1.07. The van der Waals surface area contributed by atoms with E-state index in [2.05, 4.69) is 5.32 Å². The van der Waals surface area contributed by atoms with Gasteiger partial charge in [0.05, 0.1) is 14.2 Å². The van der Waals surface area contributed by atoms with Crippen LogP contribution in [0.3, 0.4) is 0 Å². The molecule has 0 unspecified atom stereocenters. The molecule has 94 valence electrons. The van der Waals surface area contributed by atoms with E-state index >= 15 is 0 Å². The first kappa shape index (κ1) is 13.6. The average Bonchev–Trinajstić information content (AvgIpc) is 2.38. The van der Waals surface area contributed by atoms with E-state index in [-0.39, 0.29) is 11.8 Å². The fourth-order valence-corrected chi connectivity index (χ4v) is 1.52. The summed E-state index contributed by atoms with van der Waals surface area (Å²) in [6.07, 6.45) is 0.725. The smallest absolute Gasteiger partial charge is 0.234 e. The van der Waals surface area contributed by atoms with Crippen LogP contribution >= 0.6 is 11.6 Å². The molecule has 1 rings (SSSR count). The Labute approximate surface area is 106 Å². The standard InChI is InChI=1S/C12H16ClNO3/c1-16-10-4-3-9(7-11(10)17-2)5-6-14-12(15)8-13/h3-4,7H,5-6,8H2,1-2H3,(H,14,15). The maximum Gasteiger partial charge on any atom is 0.234 e. The molecule has 17 heavy (non-hydrogen) atoms. The van der Waals surface area contributed by atoms with Gasteiger partial charge in [-0.15, -0.1) is 11.6 Å². The van der Waals surface area contributed by atoms with Gasteiger partial charge in [-0.05, 0) is 24.1 Å². The van der Waals surface area contributed by atoms with Gasteiger partial charge in [-0.3, -0.25) is 4.79 Å². The first-order chi connectivity index (χ1) is 8.21. The molecule has 0 aliphatic carbocycles. The van der Waals surface area contributed by atoms with E-state index in [1.807, 2.05) is 18.2 Å². The summed E-state index contributed by atoms with van der Waals surface area (Å²) in [5, 5.41) is 2.70. The lowest BCUT2D eigenvalue weighted by atomic mass is 10.1. The first-order valence-electron chi connectivity index (χ1n) is 5.24. The van der Waals surface area contributed by atoms with Crippen molar-refractivity contribution in [3.05, 3.63) is 23.8 Å². The number of amides is 1. The number of alkyl halides is 1. The van der Waals surface area contributed by atoms with E-state index in [0.29, 0.717) is 18.0 Å². The van der Waals surface area contributed by atoms with Crippen LogP contribution in [0.5, 0.6) is 11.5 Å². The van der Waals surface area contributed by atoms with Gasteiger partial charge >= 0.3 is 0 Å². The molecular formula is C12H16ClNO3. The summed E-state index contributed by atoms with van der Waals surface area (Å²) in [6, 6.07) is 5.68. The number of benzene rings is 1. The fourth-order valence-electron chi connectivity index (χ4n) is 1.43. The van der Waals surface area contributed by atoms with Crippen molar-refractivity contribution >= 4 is 17.5 Å². The Bertz CT molecular complexity index is 382.